The minimum Gasteiger partial charge on any atom is -0.467 e. The van der Waals surface area contributed by atoms with Crippen molar-refractivity contribution in [1.82, 2.24) is 0 Å². The van der Waals surface area contributed by atoms with Crippen LogP contribution in [-0.2, 0) is 42.6 Å². The van der Waals surface area contributed by atoms with Crippen LogP contribution in [0.5, 0.6) is 5.75 Å². The van der Waals surface area contributed by atoms with Gasteiger partial charge in [-0.3, -0.25) is 0 Å². The molecule has 162 valence electrons. The van der Waals surface area contributed by atoms with Gasteiger partial charge in [0.2, 0.25) is 0 Å². The van der Waals surface area contributed by atoms with Gasteiger partial charge in [0, 0.05) is 0 Å². The minimum atomic E-state index is -0.405. The van der Waals surface area contributed by atoms with E-state index < -0.39 is 6.79 Å². The first-order valence-electron chi connectivity index (χ1n) is 8.33. The van der Waals surface area contributed by atoms with E-state index in [1.54, 1.807) is 0 Å². The molecule has 0 aliphatic rings. The van der Waals surface area contributed by atoms with Gasteiger partial charge in [0.1, 0.15) is 12.5 Å². The number of hydrogen-bond acceptors (Lipinski definition) is 11. The topological polar surface area (TPSA) is 113 Å². The monoisotopic (exact) mass is 408 g/mol. The number of rotatable bonds is 20. The Morgan fingerprint density at radius 1 is 0.536 bits per heavy atom. The van der Waals surface area contributed by atoms with E-state index in [1.807, 2.05) is 31.2 Å². The van der Waals surface area contributed by atoms with Gasteiger partial charge in [0.05, 0.1) is 0 Å². The molecule has 0 atom stereocenters. The van der Waals surface area contributed by atoms with Crippen molar-refractivity contribution in [1.29, 1.82) is 0 Å². The number of aliphatic hydroxyl groups is 1. The van der Waals surface area contributed by atoms with E-state index in [0.717, 1.165) is 11.3 Å². The maximum atomic E-state index is 8.32. The summed E-state index contributed by atoms with van der Waals surface area (Å²) >= 11 is 0. The zero-order valence-corrected chi connectivity index (χ0v) is 15.9. The van der Waals surface area contributed by atoms with Crippen molar-refractivity contribution < 1.29 is 52.5 Å². The fraction of sp³-hybridized carbons (Fsp3) is 0.647. The summed E-state index contributed by atoms with van der Waals surface area (Å²) in [6, 6.07) is 7.64. The first kappa shape index (κ1) is 24.7. The Labute approximate surface area is 163 Å². The van der Waals surface area contributed by atoms with Gasteiger partial charge < -0.3 is 52.5 Å². The molecule has 0 unspecified atom stereocenters. The van der Waals surface area contributed by atoms with Gasteiger partial charge in [0.15, 0.2) is 61.1 Å². The average molecular weight is 408 g/mol. The third-order valence-corrected chi connectivity index (χ3v) is 2.75. The van der Waals surface area contributed by atoms with E-state index in [4.69, 9.17) is 47.7 Å². The van der Waals surface area contributed by atoms with E-state index in [-0.39, 0.29) is 61.1 Å². The number of aryl methyl sites for hydroxylation is 1. The van der Waals surface area contributed by atoms with Crippen molar-refractivity contribution in [2.45, 2.75) is 6.92 Å². The molecule has 0 saturated carbocycles. The van der Waals surface area contributed by atoms with Gasteiger partial charge in [0.25, 0.3) is 0 Å². The predicted octanol–water partition coefficient (Wildman–Crippen LogP) is 1.09. The van der Waals surface area contributed by atoms with Crippen molar-refractivity contribution in [2.24, 2.45) is 0 Å². The van der Waals surface area contributed by atoms with E-state index >= 15 is 0 Å². The molecule has 0 bridgehead atoms. The fourth-order valence-electron chi connectivity index (χ4n) is 1.53. The van der Waals surface area contributed by atoms with E-state index in [2.05, 4.69) is 4.74 Å². The summed E-state index contributed by atoms with van der Waals surface area (Å²) < 4.78 is 49.9. The first-order valence-corrected chi connectivity index (χ1v) is 8.33. The van der Waals surface area contributed by atoms with Crippen LogP contribution in [0.2, 0.25) is 0 Å². The molecule has 0 spiro atoms. The molecule has 11 nitrogen and oxygen atoms in total. The minimum absolute atomic E-state index is 0.00490. The molecular weight excluding hydrogens is 380 g/mol. The quantitative estimate of drug-likeness (QED) is 0.247. The maximum Gasteiger partial charge on any atom is 0.191 e. The normalized spacial score (nSPS) is 11.1. The summed E-state index contributed by atoms with van der Waals surface area (Å²) in [6.45, 7) is 1.60. The number of benzene rings is 1. The summed E-state index contributed by atoms with van der Waals surface area (Å²) in [7, 11) is 0. The molecule has 0 aliphatic carbocycles. The second kappa shape index (κ2) is 19.0. The lowest BCUT2D eigenvalue weighted by Gasteiger charge is -2.09. The second-order valence-corrected chi connectivity index (χ2v) is 4.98. The van der Waals surface area contributed by atoms with Crippen molar-refractivity contribution in [3.63, 3.8) is 0 Å². The smallest absolute Gasteiger partial charge is 0.191 e. The molecule has 0 fully saturated rings. The summed E-state index contributed by atoms with van der Waals surface area (Å²) in [5.41, 5.74) is 1.16. The van der Waals surface area contributed by atoms with Crippen LogP contribution in [-0.4, -0.2) is 73.0 Å². The Kier molecular flexibility index (Phi) is 16.7. The van der Waals surface area contributed by atoms with Crippen molar-refractivity contribution in [2.75, 3.05) is 67.9 Å². The van der Waals surface area contributed by atoms with Crippen molar-refractivity contribution in [3.05, 3.63) is 29.8 Å². The van der Waals surface area contributed by atoms with Crippen molar-refractivity contribution >= 4 is 0 Å². The highest BCUT2D eigenvalue weighted by Gasteiger charge is 1.95. The standard InChI is InChI=1S/C17H28O11/c1-16-2-4-17(5-3-16)28-15-27-14-26-13-25-12-24-11-23-10-22-9-21-8-20-7-19-6-18/h2-5,18H,6-15H2,1H3. The molecule has 11 heteroatoms. The molecule has 0 saturated heterocycles. The molecule has 1 aromatic carbocycles. The van der Waals surface area contributed by atoms with E-state index in [0.29, 0.717) is 0 Å². The van der Waals surface area contributed by atoms with Gasteiger partial charge in [-0.15, -0.1) is 0 Å². The van der Waals surface area contributed by atoms with Crippen LogP contribution in [0.15, 0.2) is 24.3 Å². The second-order valence-electron chi connectivity index (χ2n) is 4.98. The van der Waals surface area contributed by atoms with Gasteiger partial charge in [-0.05, 0) is 19.1 Å². The lowest BCUT2D eigenvalue weighted by molar-refractivity contribution is -0.229. The Morgan fingerprint density at radius 3 is 1.29 bits per heavy atom. The summed E-state index contributed by atoms with van der Waals surface area (Å²) in [5.74, 6) is 0.728. The molecule has 0 radical (unpaired) electrons. The fourth-order valence-corrected chi connectivity index (χ4v) is 1.53. The molecular formula is C17H28O11. The SMILES string of the molecule is Cc1ccc(OCOCOCOCOCOCOCOCOCOCO)cc1. The summed E-state index contributed by atoms with van der Waals surface area (Å²) in [6.07, 6.45) is 0. The third kappa shape index (κ3) is 15.7. The van der Waals surface area contributed by atoms with Gasteiger partial charge in [-0.2, -0.15) is 0 Å². The third-order valence-electron chi connectivity index (χ3n) is 2.75. The zero-order valence-electron chi connectivity index (χ0n) is 15.9. The largest absolute Gasteiger partial charge is 0.467 e. The van der Waals surface area contributed by atoms with Gasteiger partial charge in [-0.1, -0.05) is 17.7 Å². The number of aliphatic hydroxyl groups excluding tert-OH is 1. The Morgan fingerprint density at radius 2 is 0.893 bits per heavy atom. The first-order chi connectivity index (χ1) is 13.8. The van der Waals surface area contributed by atoms with Crippen LogP contribution >= 0.6 is 0 Å². The molecule has 0 heterocycles. The summed E-state index contributed by atoms with van der Waals surface area (Å²) in [5, 5.41) is 8.32. The molecule has 28 heavy (non-hydrogen) atoms. The molecule has 1 aromatic rings. The Bertz CT molecular complexity index is 443. The van der Waals surface area contributed by atoms with Gasteiger partial charge >= 0.3 is 0 Å². The molecule has 0 aliphatic heterocycles. The van der Waals surface area contributed by atoms with Gasteiger partial charge in [-0.25, -0.2) is 0 Å². The molecule has 0 aromatic heterocycles. The predicted molar refractivity (Wildman–Crippen MR) is 92.5 cm³/mol. The highest BCUT2D eigenvalue weighted by Crippen LogP contribution is 2.10. The van der Waals surface area contributed by atoms with E-state index in [1.165, 1.54) is 0 Å². The lowest BCUT2D eigenvalue weighted by Crippen LogP contribution is -2.12. The maximum absolute atomic E-state index is 8.32. The molecule has 1 N–H and O–H groups in total. The van der Waals surface area contributed by atoms with Crippen LogP contribution in [0.3, 0.4) is 0 Å². The van der Waals surface area contributed by atoms with Crippen molar-refractivity contribution in [3.8, 4) is 5.75 Å². The number of hydrogen-bond donors (Lipinski definition) is 1. The molecule has 1 rings (SSSR count). The van der Waals surface area contributed by atoms with E-state index in [9.17, 15) is 0 Å². The van der Waals surface area contributed by atoms with Crippen LogP contribution in [0.25, 0.3) is 0 Å². The van der Waals surface area contributed by atoms with Crippen LogP contribution < -0.4 is 4.74 Å². The van der Waals surface area contributed by atoms with Crippen LogP contribution in [0, 0.1) is 6.92 Å². The van der Waals surface area contributed by atoms with Crippen LogP contribution in [0.1, 0.15) is 5.56 Å². The highest BCUT2D eigenvalue weighted by molar-refractivity contribution is 5.26. The number of ether oxygens (including phenoxy) is 10. The zero-order chi connectivity index (χ0) is 20.1. The Balaban J connectivity index is 1.70. The highest BCUT2D eigenvalue weighted by atomic mass is 16.8. The Hall–Kier alpha value is -1.38. The summed E-state index contributed by atoms with van der Waals surface area (Å²) in [4.78, 5) is 0. The molecule has 0 amide bonds. The lowest BCUT2D eigenvalue weighted by atomic mass is 10.2. The van der Waals surface area contributed by atoms with Crippen LogP contribution in [0.4, 0.5) is 0 Å². The average Bonchev–Trinajstić information content (AvgIpc) is 2.71.